The van der Waals surface area contributed by atoms with Crippen molar-refractivity contribution in [3.05, 3.63) is 36.0 Å². The van der Waals surface area contributed by atoms with Crippen molar-refractivity contribution < 1.29 is 23.1 Å². The minimum atomic E-state index is -0.601. The highest BCUT2D eigenvalue weighted by Crippen LogP contribution is 2.24. The summed E-state index contributed by atoms with van der Waals surface area (Å²) in [7, 11) is 1.47. The summed E-state index contributed by atoms with van der Waals surface area (Å²) in [5.74, 6) is -0.622. The highest BCUT2D eigenvalue weighted by atomic mass is 19.1. The Morgan fingerprint density at radius 1 is 1.50 bits per heavy atom. The number of halogens is 1. The van der Waals surface area contributed by atoms with E-state index < -0.39 is 11.8 Å². The van der Waals surface area contributed by atoms with Crippen molar-refractivity contribution in [1.82, 2.24) is 4.98 Å². The molecule has 1 aromatic carbocycles. The average molecular weight is 280 g/mol. The molecule has 0 saturated carbocycles. The first kappa shape index (κ1) is 13.9. The van der Waals surface area contributed by atoms with Crippen molar-refractivity contribution in [2.24, 2.45) is 0 Å². The lowest BCUT2D eigenvalue weighted by molar-refractivity contribution is 0.0519. The van der Waals surface area contributed by atoms with Gasteiger partial charge in [0.25, 0.3) is 6.01 Å². The van der Waals surface area contributed by atoms with Crippen LogP contribution in [0.15, 0.2) is 28.9 Å². The first-order chi connectivity index (χ1) is 9.63. The fourth-order valence-electron chi connectivity index (χ4n) is 1.47. The number of nitrogens with one attached hydrogen (secondary N) is 1. The molecule has 0 fully saturated rings. The molecule has 20 heavy (non-hydrogen) atoms. The molecule has 2 aromatic rings. The molecule has 106 valence electrons. The maximum atomic E-state index is 13.6. The molecule has 6 nitrogen and oxygen atoms in total. The van der Waals surface area contributed by atoms with Crippen LogP contribution in [-0.4, -0.2) is 24.7 Å². The highest BCUT2D eigenvalue weighted by molar-refractivity contribution is 5.87. The Balaban J connectivity index is 2.16. The number of methoxy groups -OCH3 is 1. The number of ether oxygens (including phenoxy) is 2. The molecule has 1 aromatic heterocycles. The van der Waals surface area contributed by atoms with E-state index in [1.54, 1.807) is 6.92 Å². The number of oxazole rings is 1. The first-order valence-electron chi connectivity index (χ1n) is 5.87. The first-order valence-corrected chi connectivity index (χ1v) is 5.87. The number of hydrogen-bond acceptors (Lipinski definition) is 6. The van der Waals surface area contributed by atoms with Crippen LogP contribution in [-0.2, 0) is 4.74 Å². The zero-order valence-electron chi connectivity index (χ0n) is 11.0. The van der Waals surface area contributed by atoms with Crippen LogP contribution in [0.4, 0.5) is 16.1 Å². The monoisotopic (exact) mass is 280 g/mol. The van der Waals surface area contributed by atoms with Crippen LogP contribution < -0.4 is 10.1 Å². The molecule has 0 amide bonds. The predicted molar refractivity (Wildman–Crippen MR) is 68.7 cm³/mol. The topological polar surface area (TPSA) is 73.6 Å². The Hall–Kier alpha value is -2.57. The summed E-state index contributed by atoms with van der Waals surface area (Å²) in [6.45, 7) is 1.92. The third kappa shape index (κ3) is 3.05. The molecule has 0 spiro atoms. The number of esters is 1. The largest absolute Gasteiger partial charge is 0.497 e. The Bertz CT molecular complexity index is 612. The third-order valence-electron chi connectivity index (χ3n) is 2.40. The molecular formula is C13H13FN2O4. The van der Waals surface area contributed by atoms with Gasteiger partial charge >= 0.3 is 5.97 Å². The highest BCUT2D eigenvalue weighted by Gasteiger charge is 2.14. The van der Waals surface area contributed by atoms with E-state index in [4.69, 9.17) is 13.9 Å². The van der Waals surface area contributed by atoms with Gasteiger partial charge in [0.2, 0.25) is 0 Å². The second-order valence-electron chi connectivity index (χ2n) is 3.73. The molecule has 0 aliphatic heterocycles. The Kier molecular flexibility index (Phi) is 4.19. The number of benzene rings is 1. The minimum absolute atomic E-state index is 0.0117. The van der Waals surface area contributed by atoms with E-state index in [1.165, 1.54) is 25.3 Å². The van der Waals surface area contributed by atoms with Gasteiger partial charge < -0.3 is 19.2 Å². The summed E-state index contributed by atoms with van der Waals surface area (Å²) < 4.78 is 28.4. The van der Waals surface area contributed by atoms with Crippen molar-refractivity contribution in [2.45, 2.75) is 6.92 Å². The minimum Gasteiger partial charge on any atom is -0.497 e. The van der Waals surface area contributed by atoms with Gasteiger partial charge in [-0.05, 0) is 19.1 Å². The van der Waals surface area contributed by atoms with Gasteiger partial charge in [-0.1, -0.05) is 0 Å². The summed E-state index contributed by atoms with van der Waals surface area (Å²) in [4.78, 5) is 15.3. The van der Waals surface area contributed by atoms with Gasteiger partial charge in [-0.3, -0.25) is 0 Å². The SMILES string of the molecule is CCOC(=O)c1coc(Nc2cc(OC)ccc2F)n1. The zero-order chi connectivity index (χ0) is 14.5. The van der Waals surface area contributed by atoms with E-state index in [0.29, 0.717) is 5.75 Å². The van der Waals surface area contributed by atoms with Crippen LogP contribution in [0.1, 0.15) is 17.4 Å². The van der Waals surface area contributed by atoms with Crippen LogP contribution in [0.25, 0.3) is 0 Å². The lowest BCUT2D eigenvalue weighted by Gasteiger charge is -2.05. The molecule has 2 rings (SSSR count). The van der Waals surface area contributed by atoms with Crippen molar-refractivity contribution in [2.75, 3.05) is 19.0 Å². The van der Waals surface area contributed by atoms with E-state index in [2.05, 4.69) is 10.3 Å². The van der Waals surface area contributed by atoms with Crippen LogP contribution in [0.2, 0.25) is 0 Å². The average Bonchev–Trinajstić information content (AvgIpc) is 2.90. The predicted octanol–water partition coefficient (Wildman–Crippen LogP) is 2.74. The number of rotatable bonds is 5. The maximum absolute atomic E-state index is 13.6. The quantitative estimate of drug-likeness (QED) is 0.849. The molecule has 0 saturated heterocycles. The molecule has 0 aliphatic rings. The molecule has 1 heterocycles. The Morgan fingerprint density at radius 2 is 2.30 bits per heavy atom. The number of carbonyl (C=O) groups is 1. The third-order valence-corrected chi connectivity index (χ3v) is 2.40. The van der Waals surface area contributed by atoms with Gasteiger partial charge in [-0.2, -0.15) is 4.98 Å². The summed E-state index contributed by atoms with van der Waals surface area (Å²) in [6.07, 6.45) is 1.14. The number of carbonyl (C=O) groups excluding carboxylic acids is 1. The molecular weight excluding hydrogens is 267 g/mol. The smallest absolute Gasteiger partial charge is 0.360 e. The van der Waals surface area contributed by atoms with Gasteiger partial charge in [-0.15, -0.1) is 0 Å². The zero-order valence-corrected chi connectivity index (χ0v) is 11.0. The summed E-state index contributed by atoms with van der Waals surface area (Å²) in [6, 6.07) is 4.17. The number of nitrogens with zero attached hydrogens (tertiary/aromatic N) is 1. The summed E-state index contributed by atoms with van der Waals surface area (Å²) >= 11 is 0. The number of anilines is 2. The second-order valence-corrected chi connectivity index (χ2v) is 3.73. The maximum Gasteiger partial charge on any atom is 0.360 e. The Morgan fingerprint density at radius 3 is 3.00 bits per heavy atom. The molecule has 0 atom stereocenters. The molecule has 0 radical (unpaired) electrons. The van der Waals surface area contributed by atoms with Gasteiger partial charge in [0, 0.05) is 6.07 Å². The van der Waals surface area contributed by atoms with Gasteiger partial charge in [0.15, 0.2) is 5.69 Å². The van der Waals surface area contributed by atoms with Crippen LogP contribution in [0.5, 0.6) is 5.75 Å². The molecule has 0 bridgehead atoms. The van der Waals surface area contributed by atoms with E-state index in [1.807, 2.05) is 0 Å². The van der Waals surface area contributed by atoms with Gasteiger partial charge in [0.05, 0.1) is 19.4 Å². The second kappa shape index (κ2) is 6.05. The van der Waals surface area contributed by atoms with Gasteiger partial charge in [-0.25, -0.2) is 9.18 Å². The number of hydrogen-bond donors (Lipinski definition) is 1. The molecule has 0 unspecified atom stereocenters. The normalized spacial score (nSPS) is 10.2. The van der Waals surface area contributed by atoms with Crippen LogP contribution in [0.3, 0.4) is 0 Å². The molecule has 0 aliphatic carbocycles. The lowest BCUT2D eigenvalue weighted by Crippen LogP contribution is -2.05. The van der Waals surface area contributed by atoms with Crippen molar-refractivity contribution in [1.29, 1.82) is 0 Å². The van der Waals surface area contributed by atoms with Crippen molar-refractivity contribution >= 4 is 17.7 Å². The number of aromatic nitrogens is 1. The summed E-state index contributed by atoms with van der Waals surface area (Å²) in [5, 5.41) is 2.62. The fourth-order valence-corrected chi connectivity index (χ4v) is 1.47. The van der Waals surface area contributed by atoms with Gasteiger partial charge in [0.1, 0.15) is 17.8 Å². The fraction of sp³-hybridized carbons (Fsp3) is 0.231. The van der Waals surface area contributed by atoms with Crippen LogP contribution in [0, 0.1) is 5.82 Å². The van der Waals surface area contributed by atoms with Crippen molar-refractivity contribution in [3.63, 3.8) is 0 Å². The van der Waals surface area contributed by atoms with Crippen LogP contribution >= 0.6 is 0 Å². The lowest BCUT2D eigenvalue weighted by atomic mass is 10.3. The van der Waals surface area contributed by atoms with E-state index in [9.17, 15) is 9.18 Å². The van der Waals surface area contributed by atoms with Crippen molar-refractivity contribution in [3.8, 4) is 5.75 Å². The molecule has 7 heteroatoms. The summed E-state index contributed by atoms with van der Waals surface area (Å²) in [5.41, 5.74) is 0.138. The standard InChI is InChI=1S/C13H13FN2O4/c1-3-19-12(17)11-7-20-13(16-11)15-10-6-8(18-2)4-5-9(10)14/h4-7H,3H2,1-2H3,(H,15,16). The molecule has 1 N–H and O–H groups in total. The van der Waals surface area contributed by atoms with E-state index in [0.717, 1.165) is 6.26 Å². The Labute approximate surface area is 114 Å². The van der Waals surface area contributed by atoms with E-state index in [-0.39, 0.29) is 24.0 Å². The van der Waals surface area contributed by atoms with E-state index >= 15 is 0 Å².